The molecule has 0 spiro atoms. The first-order chi connectivity index (χ1) is 8.69. The minimum atomic E-state index is -0.426. The van der Waals surface area contributed by atoms with Crippen molar-refractivity contribution in [2.24, 2.45) is 0 Å². The number of nitrogens with zero attached hydrogens (tertiary/aromatic N) is 2. The van der Waals surface area contributed by atoms with Gasteiger partial charge in [-0.3, -0.25) is 10.1 Å². The molecule has 1 aliphatic heterocycles. The van der Waals surface area contributed by atoms with Crippen LogP contribution >= 0.6 is 0 Å². The summed E-state index contributed by atoms with van der Waals surface area (Å²) in [5, 5.41) is 16.8. The van der Waals surface area contributed by atoms with E-state index >= 15 is 0 Å². The molecule has 1 unspecified atom stereocenters. The molecule has 1 fully saturated rings. The molecule has 2 rings (SSSR count). The van der Waals surface area contributed by atoms with Gasteiger partial charge in [-0.25, -0.2) is 4.98 Å². The predicted octanol–water partition coefficient (Wildman–Crippen LogP) is 1.62. The average molecular weight is 252 g/mol. The molecule has 1 aromatic heterocycles. The first-order valence-electron chi connectivity index (χ1n) is 5.87. The van der Waals surface area contributed by atoms with Gasteiger partial charge in [0.2, 0.25) is 0 Å². The third-order valence-corrected chi connectivity index (χ3v) is 2.79. The SMILES string of the molecule is CNc1cc([N+](=O)[O-])cc(NC2CCCOC2)n1. The number of hydrogen-bond acceptors (Lipinski definition) is 6. The molecule has 0 aromatic carbocycles. The summed E-state index contributed by atoms with van der Waals surface area (Å²) >= 11 is 0. The zero-order chi connectivity index (χ0) is 13.0. The maximum Gasteiger partial charge on any atom is 0.276 e. The number of anilines is 2. The third kappa shape index (κ3) is 3.07. The fraction of sp³-hybridized carbons (Fsp3) is 0.545. The highest BCUT2D eigenvalue weighted by atomic mass is 16.6. The molecule has 2 N–H and O–H groups in total. The van der Waals surface area contributed by atoms with Crippen LogP contribution in [0.15, 0.2) is 12.1 Å². The molecule has 0 aliphatic carbocycles. The van der Waals surface area contributed by atoms with Crippen LogP contribution < -0.4 is 10.6 Å². The normalized spacial score (nSPS) is 19.3. The molecule has 1 aromatic rings. The first kappa shape index (κ1) is 12.6. The molecule has 7 nitrogen and oxygen atoms in total. The lowest BCUT2D eigenvalue weighted by Crippen LogP contribution is -2.30. The largest absolute Gasteiger partial charge is 0.379 e. The maximum atomic E-state index is 10.8. The van der Waals surface area contributed by atoms with Crippen LogP contribution in [0.25, 0.3) is 0 Å². The molecule has 2 heterocycles. The topological polar surface area (TPSA) is 89.3 Å². The van der Waals surface area contributed by atoms with Gasteiger partial charge in [-0.2, -0.15) is 0 Å². The molecule has 0 saturated carbocycles. The summed E-state index contributed by atoms with van der Waals surface area (Å²) in [5.74, 6) is 0.979. The Hall–Kier alpha value is -1.89. The van der Waals surface area contributed by atoms with Crippen LogP contribution in [0.2, 0.25) is 0 Å². The Morgan fingerprint density at radius 3 is 2.89 bits per heavy atom. The summed E-state index contributed by atoms with van der Waals surface area (Å²) < 4.78 is 5.35. The molecule has 1 aliphatic rings. The lowest BCUT2D eigenvalue weighted by molar-refractivity contribution is -0.384. The molecule has 1 atom stereocenters. The van der Waals surface area contributed by atoms with Crippen molar-refractivity contribution >= 4 is 17.3 Å². The van der Waals surface area contributed by atoms with E-state index in [0.717, 1.165) is 19.4 Å². The number of hydrogen-bond donors (Lipinski definition) is 2. The summed E-state index contributed by atoms with van der Waals surface area (Å²) in [7, 11) is 1.68. The van der Waals surface area contributed by atoms with Crippen molar-refractivity contribution in [1.29, 1.82) is 0 Å². The highest BCUT2D eigenvalue weighted by molar-refractivity contribution is 5.54. The second-order valence-corrected chi connectivity index (χ2v) is 4.16. The van der Waals surface area contributed by atoms with Gasteiger partial charge >= 0.3 is 0 Å². The van der Waals surface area contributed by atoms with Crippen LogP contribution in [0, 0.1) is 10.1 Å². The van der Waals surface area contributed by atoms with Crippen molar-refractivity contribution in [2.45, 2.75) is 18.9 Å². The molecule has 0 bridgehead atoms. The van der Waals surface area contributed by atoms with E-state index in [1.165, 1.54) is 12.1 Å². The quantitative estimate of drug-likeness (QED) is 0.625. The van der Waals surface area contributed by atoms with Crippen LogP contribution in [-0.4, -0.2) is 36.2 Å². The van der Waals surface area contributed by atoms with E-state index in [-0.39, 0.29) is 11.7 Å². The van der Waals surface area contributed by atoms with Gasteiger partial charge in [0.05, 0.1) is 29.7 Å². The van der Waals surface area contributed by atoms with Gasteiger partial charge in [0.25, 0.3) is 5.69 Å². The van der Waals surface area contributed by atoms with Crippen LogP contribution in [0.4, 0.5) is 17.3 Å². The molecule has 98 valence electrons. The number of ether oxygens (including phenoxy) is 1. The smallest absolute Gasteiger partial charge is 0.276 e. The van der Waals surface area contributed by atoms with Crippen LogP contribution in [0.1, 0.15) is 12.8 Å². The van der Waals surface area contributed by atoms with Gasteiger partial charge in [0.1, 0.15) is 11.6 Å². The number of rotatable bonds is 4. The van der Waals surface area contributed by atoms with E-state index in [2.05, 4.69) is 15.6 Å². The van der Waals surface area contributed by atoms with Crippen LogP contribution in [0.3, 0.4) is 0 Å². The Kier molecular flexibility index (Phi) is 3.93. The Balaban J connectivity index is 2.15. The van der Waals surface area contributed by atoms with Gasteiger partial charge in [-0.05, 0) is 12.8 Å². The zero-order valence-corrected chi connectivity index (χ0v) is 10.2. The Morgan fingerprint density at radius 2 is 2.28 bits per heavy atom. The van der Waals surface area contributed by atoms with E-state index in [9.17, 15) is 10.1 Å². The standard InChI is InChI=1S/C11H16N4O3/c1-12-10-5-9(15(16)17)6-11(14-10)13-8-3-2-4-18-7-8/h5-6,8H,2-4,7H2,1H3,(H2,12,13,14). The highest BCUT2D eigenvalue weighted by Gasteiger charge is 2.16. The van der Waals surface area contributed by atoms with Gasteiger partial charge in [0.15, 0.2) is 0 Å². The van der Waals surface area contributed by atoms with Crippen LogP contribution in [-0.2, 0) is 4.74 Å². The molecule has 0 radical (unpaired) electrons. The van der Waals surface area contributed by atoms with Crippen molar-refractivity contribution in [3.8, 4) is 0 Å². The fourth-order valence-electron chi connectivity index (χ4n) is 1.89. The second-order valence-electron chi connectivity index (χ2n) is 4.16. The van der Waals surface area contributed by atoms with E-state index in [0.29, 0.717) is 18.2 Å². The van der Waals surface area contributed by atoms with Crippen molar-refractivity contribution < 1.29 is 9.66 Å². The number of pyridine rings is 1. The van der Waals surface area contributed by atoms with Crippen molar-refractivity contribution in [1.82, 2.24) is 4.98 Å². The van der Waals surface area contributed by atoms with E-state index in [4.69, 9.17) is 4.74 Å². The second kappa shape index (κ2) is 5.63. The summed E-state index contributed by atoms with van der Waals surface area (Å²) in [5.41, 5.74) is 0.0218. The van der Waals surface area contributed by atoms with Crippen molar-refractivity contribution in [2.75, 3.05) is 30.9 Å². The monoisotopic (exact) mass is 252 g/mol. The summed E-state index contributed by atoms with van der Waals surface area (Å²) in [4.78, 5) is 14.6. The summed E-state index contributed by atoms with van der Waals surface area (Å²) in [6.45, 7) is 1.39. The Morgan fingerprint density at radius 1 is 1.50 bits per heavy atom. The summed E-state index contributed by atoms with van der Waals surface area (Å²) in [6.07, 6.45) is 1.98. The lowest BCUT2D eigenvalue weighted by Gasteiger charge is -2.23. The molecular weight excluding hydrogens is 236 g/mol. The Labute approximate surface area is 105 Å². The van der Waals surface area contributed by atoms with Gasteiger partial charge in [-0.1, -0.05) is 0 Å². The van der Waals surface area contributed by atoms with Crippen LogP contribution in [0.5, 0.6) is 0 Å². The lowest BCUT2D eigenvalue weighted by atomic mass is 10.1. The predicted molar refractivity (Wildman–Crippen MR) is 67.9 cm³/mol. The third-order valence-electron chi connectivity index (χ3n) is 2.79. The first-order valence-corrected chi connectivity index (χ1v) is 5.87. The van der Waals surface area contributed by atoms with E-state index in [1.807, 2.05) is 0 Å². The number of nitrogens with one attached hydrogen (secondary N) is 2. The minimum absolute atomic E-state index is 0.0218. The minimum Gasteiger partial charge on any atom is -0.379 e. The summed E-state index contributed by atoms with van der Waals surface area (Å²) in [6, 6.07) is 3.01. The van der Waals surface area contributed by atoms with E-state index < -0.39 is 4.92 Å². The van der Waals surface area contributed by atoms with Gasteiger partial charge < -0.3 is 15.4 Å². The maximum absolute atomic E-state index is 10.8. The average Bonchev–Trinajstić information content (AvgIpc) is 2.39. The van der Waals surface area contributed by atoms with Crippen molar-refractivity contribution in [3.05, 3.63) is 22.2 Å². The number of aromatic nitrogens is 1. The Bertz CT molecular complexity index is 432. The highest BCUT2D eigenvalue weighted by Crippen LogP contribution is 2.22. The molecule has 7 heteroatoms. The van der Waals surface area contributed by atoms with Gasteiger partial charge in [0, 0.05) is 13.7 Å². The van der Waals surface area contributed by atoms with E-state index in [1.54, 1.807) is 7.05 Å². The fourth-order valence-corrected chi connectivity index (χ4v) is 1.89. The molecule has 1 saturated heterocycles. The molecule has 18 heavy (non-hydrogen) atoms. The zero-order valence-electron chi connectivity index (χ0n) is 10.2. The van der Waals surface area contributed by atoms with Crippen molar-refractivity contribution in [3.63, 3.8) is 0 Å². The molecular formula is C11H16N4O3. The molecule has 0 amide bonds. The van der Waals surface area contributed by atoms with Gasteiger partial charge in [-0.15, -0.1) is 0 Å². The number of nitro groups is 1.